The first kappa shape index (κ1) is 17.9. The van der Waals surface area contributed by atoms with E-state index in [2.05, 4.69) is 30.9 Å². The highest BCUT2D eigenvalue weighted by molar-refractivity contribution is 9.10. The van der Waals surface area contributed by atoms with Gasteiger partial charge in [-0.25, -0.2) is 19.5 Å². The van der Waals surface area contributed by atoms with Crippen molar-refractivity contribution >= 4 is 38.9 Å². The summed E-state index contributed by atoms with van der Waals surface area (Å²) in [5, 5.41) is 39.9. The van der Waals surface area contributed by atoms with Gasteiger partial charge in [0.15, 0.2) is 34.5 Å². The largest absolute Gasteiger partial charge is 0.411 e. The number of imidazole rings is 1. The van der Waals surface area contributed by atoms with Crippen LogP contribution in [-0.2, 0) is 20.2 Å². The summed E-state index contributed by atoms with van der Waals surface area (Å²) in [6.07, 6.45) is -3.79. The molecule has 0 saturated carbocycles. The Morgan fingerprint density at radius 3 is 2.72 bits per heavy atom. The first-order valence-electron chi connectivity index (χ1n) is 6.88. The molecule has 3 rings (SSSR count). The molecule has 1 fully saturated rings. The van der Waals surface area contributed by atoms with E-state index in [9.17, 15) is 25.2 Å². The zero-order valence-electron chi connectivity index (χ0n) is 12.6. The SMILES string of the molecule is CC(=O)O[C@@]1(n2cnc3c(N)ncnc32)O[C@H](C(O)O)[C@](O)(Br)[C@H]1O. The summed E-state index contributed by atoms with van der Waals surface area (Å²) in [6.45, 7) is 1.04. The van der Waals surface area contributed by atoms with Crippen LogP contribution in [0, 0.1) is 0 Å². The van der Waals surface area contributed by atoms with Gasteiger partial charge in [-0.05, 0) is 15.9 Å². The molecule has 0 bridgehead atoms. The summed E-state index contributed by atoms with van der Waals surface area (Å²) in [6, 6.07) is 0. The summed E-state index contributed by atoms with van der Waals surface area (Å²) >= 11 is 2.78. The predicted octanol–water partition coefficient (Wildman–Crippen LogP) is -2.26. The molecule has 0 amide bonds. The molecular weight excluding hydrogens is 406 g/mol. The van der Waals surface area contributed by atoms with Gasteiger partial charge in [-0.3, -0.25) is 4.79 Å². The van der Waals surface area contributed by atoms with Crippen LogP contribution in [0.25, 0.3) is 11.2 Å². The Morgan fingerprint density at radius 1 is 1.48 bits per heavy atom. The standard InChI is InChI=1S/C12H14BrN5O7/c1-4(19)24-12(10(22)11(13,23)6(25-12)9(20)21)18-3-17-5-7(14)15-2-16-8(5)18/h2-3,6,9-10,20-23H,1H3,(H2,14,15,16)/t6-,10-,11-,12-/m1/s1. The molecule has 0 spiro atoms. The number of aromatic nitrogens is 4. The van der Waals surface area contributed by atoms with E-state index >= 15 is 0 Å². The van der Waals surface area contributed by atoms with E-state index < -0.39 is 34.9 Å². The fourth-order valence-electron chi connectivity index (χ4n) is 2.61. The highest BCUT2D eigenvalue weighted by Gasteiger charge is 2.68. The number of anilines is 1. The number of aliphatic hydroxyl groups is 4. The van der Waals surface area contributed by atoms with Gasteiger partial charge in [0.05, 0.1) is 0 Å². The van der Waals surface area contributed by atoms with E-state index in [4.69, 9.17) is 15.2 Å². The molecule has 0 aromatic carbocycles. The van der Waals surface area contributed by atoms with Crippen molar-refractivity contribution in [1.29, 1.82) is 0 Å². The minimum Gasteiger partial charge on any atom is -0.411 e. The van der Waals surface area contributed by atoms with Crippen molar-refractivity contribution in [3.8, 4) is 0 Å². The Kier molecular flexibility index (Phi) is 4.17. The van der Waals surface area contributed by atoms with Gasteiger partial charge in [-0.1, -0.05) is 0 Å². The van der Waals surface area contributed by atoms with Gasteiger partial charge in [-0.15, -0.1) is 0 Å². The lowest BCUT2D eigenvalue weighted by atomic mass is 10.1. The molecule has 13 heteroatoms. The number of nitrogens with zero attached hydrogens (tertiary/aromatic N) is 4. The van der Waals surface area contributed by atoms with Crippen LogP contribution in [0.2, 0.25) is 0 Å². The molecule has 0 aliphatic carbocycles. The average Bonchev–Trinajstić information content (AvgIpc) is 3.02. The number of carbonyl (C=O) groups excluding carboxylic acids is 1. The second-order valence-electron chi connectivity index (χ2n) is 5.35. The molecule has 6 N–H and O–H groups in total. The van der Waals surface area contributed by atoms with Gasteiger partial charge < -0.3 is 35.6 Å². The van der Waals surface area contributed by atoms with Crippen LogP contribution in [0.15, 0.2) is 12.7 Å². The molecule has 2 aromatic rings. The lowest BCUT2D eigenvalue weighted by molar-refractivity contribution is -0.309. The fourth-order valence-corrected chi connectivity index (χ4v) is 3.23. The minimum atomic E-state index is -2.39. The number of nitrogen functional groups attached to an aromatic ring is 1. The molecule has 25 heavy (non-hydrogen) atoms. The summed E-state index contributed by atoms with van der Waals surface area (Å²) in [4.78, 5) is 23.3. The maximum atomic E-state index is 11.6. The van der Waals surface area contributed by atoms with Crippen LogP contribution in [0.3, 0.4) is 0 Å². The predicted molar refractivity (Wildman–Crippen MR) is 82.5 cm³/mol. The summed E-state index contributed by atoms with van der Waals surface area (Å²) in [5.74, 6) is -3.27. The van der Waals surface area contributed by atoms with Gasteiger partial charge in [0, 0.05) is 6.92 Å². The highest BCUT2D eigenvalue weighted by Crippen LogP contribution is 2.47. The third-order valence-electron chi connectivity index (χ3n) is 3.68. The van der Waals surface area contributed by atoms with Crippen LogP contribution in [0.5, 0.6) is 0 Å². The number of aliphatic hydroxyl groups excluding tert-OH is 2. The number of esters is 1. The summed E-state index contributed by atoms with van der Waals surface area (Å²) in [5.41, 5.74) is 5.84. The smallest absolute Gasteiger partial charge is 0.335 e. The normalized spacial score (nSPS) is 32.4. The Morgan fingerprint density at radius 2 is 2.16 bits per heavy atom. The Bertz CT molecular complexity index is 827. The Hall–Kier alpha value is -1.90. The van der Waals surface area contributed by atoms with Crippen LogP contribution < -0.4 is 5.73 Å². The molecule has 0 unspecified atom stereocenters. The van der Waals surface area contributed by atoms with Gasteiger partial charge in [0.25, 0.3) is 0 Å². The zero-order chi connectivity index (χ0) is 18.6. The maximum Gasteiger partial charge on any atom is 0.335 e. The van der Waals surface area contributed by atoms with Crippen molar-refractivity contribution < 1.29 is 34.7 Å². The maximum absolute atomic E-state index is 11.6. The number of carbonyl (C=O) groups is 1. The first-order chi connectivity index (χ1) is 11.6. The van der Waals surface area contributed by atoms with E-state index in [-0.39, 0.29) is 17.0 Å². The number of hydrogen-bond donors (Lipinski definition) is 5. The summed E-state index contributed by atoms with van der Waals surface area (Å²) < 4.78 is 9.12. The molecule has 1 aliphatic rings. The Labute approximate surface area is 148 Å². The molecular formula is C12H14BrN5O7. The molecule has 1 aliphatic heterocycles. The Balaban J connectivity index is 2.24. The molecule has 136 valence electrons. The lowest BCUT2D eigenvalue weighted by Crippen LogP contribution is -2.52. The van der Waals surface area contributed by atoms with Crippen LogP contribution in [0.4, 0.5) is 5.82 Å². The van der Waals surface area contributed by atoms with Crippen molar-refractivity contribution in [3.05, 3.63) is 12.7 Å². The number of rotatable bonds is 3. The molecule has 1 saturated heterocycles. The molecule has 12 nitrogen and oxygen atoms in total. The second-order valence-corrected chi connectivity index (χ2v) is 6.62. The third kappa shape index (κ3) is 2.56. The highest BCUT2D eigenvalue weighted by atomic mass is 79.9. The van der Waals surface area contributed by atoms with Gasteiger partial charge in [0.1, 0.15) is 18.2 Å². The monoisotopic (exact) mass is 419 g/mol. The molecule has 2 aromatic heterocycles. The van der Waals surface area contributed by atoms with Crippen LogP contribution >= 0.6 is 15.9 Å². The van der Waals surface area contributed by atoms with Crippen molar-refractivity contribution in [3.63, 3.8) is 0 Å². The number of fused-ring (bicyclic) bond motifs is 1. The van der Waals surface area contributed by atoms with E-state index in [0.717, 1.165) is 24.1 Å². The quantitative estimate of drug-likeness (QED) is 0.205. The zero-order valence-corrected chi connectivity index (χ0v) is 14.2. The molecule has 3 heterocycles. The van der Waals surface area contributed by atoms with Crippen LogP contribution in [-0.4, -0.2) is 68.9 Å². The van der Waals surface area contributed by atoms with Crippen molar-refractivity contribution in [2.24, 2.45) is 0 Å². The number of nitrogens with two attached hydrogens (primary N) is 1. The lowest BCUT2D eigenvalue weighted by Gasteiger charge is -2.32. The number of halogens is 1. The van der Waals surface area contributed by atoms with Crippen molar-refractivity contribution in [2.75, 3.05) is 5.73 Å². The van der Waals surface area contributed by atoms with Gasteiger partial charge in [0.2, 0.25) is 0 Å². The molecule has 4 atom stereocenters. The average molecular weight is 420 g/mol. The third-order valence-corrected chi connectivity index (χ3v) is 4.57. The van der Waals surface area contributed by atoms with E-state index in [0.29, 0.717) is 0 Å². The first-order valence-corrected chi connectivity index (χ1v) is 7.67. The van der Waals surface area contributed by atoms with Crippen molar-refractivity contribution in [2.45, 2.75) is 35.8 Å². The number of alkyl halides is 1. The van der Waals surface area contributed by atoms with Crippen molar-refractivity contribution in [1.82, 2.24) is 19.5 Å². The number of ether oxygens (including phenoxy) is 2. The fraction of sp³-hybridized carbons (Fsp3) is 0.500. The summed E-state index contributed by atoms with van der Waals surface area (Å²) in [7, 11) is 0. The van der Waals surface area contributed by atoms with E-state index in [1.807, 2.05) is 0 Å². The van der Waals surface area contributed by atoms with Gasteiger partial charge >= 0.3 is 11.9 Å². The van der Waals surface area contributed by atoms with E-state index in [1.54, 1.807) is 0 Å². The van der Waals surface area contributed by atoms with Gasteiger partial charge in [-0.2, -0.15) is 0 Å². The molecule has 0 radical (unpaired) electrons. The van der Waals surface area contributed by atoms with Crippen LogP contribution in [0.1, 0.15) is 6.92 Å². The second kappa shape index (κ2) is 5.82. The minimum absolute atomic E-state index is 0.0158. The number of hydrogen-bond acceptors (Lipinski definition) is 11. The topological polar surface area (TPSA) is 186 Å². The van der Waals surface area contributed by atoms with E-state index in [1.165, 1.54) is 0 Å².